The van der Waals surface area contributed by atoms with Crippen molar-refractivity contribution in [2.24, 2.45) is 0 Å². The monoisotopic (exact) mass is 743 g/mol. The Morgan fingerprint density at radius 1 is 0.328 bits per heavy atom. The van der Waals surface area contributed by atoms with E-state index in [2.05, 4.69) is 137 Å². The third kappa shape index (κ3) is 4.41. The first kappa shape index (κ1) is 31.2. The Balaban J connectivity index is 1.08. The third-order valence-corrected chi connectivity index (χ3v) is 11.6. The molecule has 0 spiro atoms. The predicted octanol–water partition coefficient (Wildman–Crippen LogP) is 13.2. The lowest BCUT2D eigenvalue weighted by Crippen LogP contribution is -2.06. The van der Waals surface area contributed by atoms with Crippen LogP contribution in [0.3, 0.4) is 0 Å². The van der Waals surface area contributed by atoms with Crippen molar-refractivity contribution >= 4 is 87.5 Å². The molecule has 8 aromatic carbocycles. The van der Waals surface area contributed by atoms with E-state index in [0.717, 1.165) is 93.5 Å². The first-order chi connectivity index (χ1) is 28.7. The van der Waals surface area contributed by atoms with Crippen molar-refractivity contribution in [3.05, 3.63) is 176 Å². The van der Waals surface area contributed by atoms with Gasteiger partial charge in [-0.1, -0.05) is 97.1 Å². The lowest BCUT2D eigenvalue weighted by Gasteiger charge is -2.11. The van der Waals surface area contributed by atoms with E-state index in [4.69, 9.17) is 23.8 Å². The molecular weight excluding hydrogens is 715 g/mol. The fraction of sp³-hybridized carbons (Fsp3) is 0. The van der Waals surface area contributed by atoms with Gasteiger partial charge in [-0.15, -0.1) is 0 Å². The molecule has 58 heavy (non-hydrogen) atoms. The van der Waals surface area contributed by atoms with Gasteiger partial charge in [0.15, 0.2) is 11.6 Å². The summed E-state index contributed by atoms with van der Waals surface area (Å²) in [6.07, 6.45) is 0. The van der Waals surface area contributed by atoms with E-state index in [-0.39, 0.29) is 0 Å². The zero-order chi connectivity index (χ0) is 37.9. The van der Waals surface area contributed by atoms with E-state index >= 15 is 0 Å². The number of hydrogen-bond donors (Lipinski definition) is 0. The molecule has 5 aromatic heterocycles. The zero-order valence-electron chi connectivity index (χ0n) is 30.8. The number of hydrogen-bond acceptors (Lipinski definition) is 5. The molecule has 270 valence electrons. The van der Waals surface area contributed by atoms with Crippen LogP contribution in [0.1, 0.15) is 0 Å². The minimum absolute atomic E-state index is 0.540. The van der Waals surface area contributed by atoms with Crippen LogP contribution in [0.25, 0.3) is 122 Å². The Hall–Kier alpha value is -8.03. The van der Waals surface area contributed by atoms with Crippen molar-refractivity contribution in [3.63, 3.8) is 0 Å². The van der Waals surface area contributed by atoms with Crippen LogP contribution in [0.15, 0.2) is 185 Å². The minimum atomic E-state index is 0.540. The van der Waals surface area contributed by atoms with E-state index in [1.54, 1.807) is 0 Å². The molecule has 0 saturated carbocycles. The fourth-order valence-corrected chi connectivity index (χ4v) is 9.04. The van der Waals surface area contributed by atoms with Crippen LogP contribution in [0.4, 0.5) is 0 Å². The molecule has 0 unspecified atom stereocenters. The summed E-state index contributed by atoms with van der Waals surface area (Å²) in [6, 6.07) is 60.8. The highest BCUT2D eigenvalue weighted by molar-refractivity contribution is 6.15. The maximum Gasteiger partial charge on any atom is 0.238 e. The van der Waals surface area contributed by atoms with Gasteiger partial charge in [0.1, 0.15) is 22.3 Å². The molecular formula is C51H29N5O2. The average Bonchev–Trinajstić information content (AvgIpc) is 4.03. The topological polar surface area (TPSA) is 74.8 Å². The van der Waals surface area contributed by atoms with Gasteiger partial charge in [0, 0.05) is 48.8 Å². The predicted molar refractivity (Wildman–Crippen MR) is 234 cm³/mol. The molecule has 7 heteroatoms. The van der Waals surface area contributed by atoms with Gasteiger partial charge in [0.05, 0.1) is 33.1 Å². The van der Waals surface area contributed by atoms with Gasteiger partial charge in [-0.3, -0.25) is 4.57 Å². The van der Waals surface area contributed by atoms with Crippen LogP contribution in [0.2, 0.25) is 0 Å². The van der Waals surface area contributed by atoms with E-state index < -0.39 is 0 Å². The summed E-state index contributed by atoms with van der Waals surface area (Å²) in [5.74, 6) is 1.67. The summed E-state index contributed by atoms with van der Waals surface area (Å²) in [4.78, 5) is 15.8. The lowest BCUT2D eigenvalue weighted by molar-refractivity contribution is 0.668. The highest BCUT2D eigenvalue weighted by Crippen LogP contribution is 2.40. The van der Waals surface area contributed by atoms with E-state index in [1.807, 2.05) is 48.5 Å². The van der Waals surface area contributed by atoms with Crippen molar-refractivity contribution in [1.29, 1.82) is 0 Å². The number of fused-ring (bicyclic) bond motifs is 12. The van der Waals surface area contributed by atoms with Gasteiger partial charge in [-0.25, -0.2) is 4.98 Å². The average molecular weight is 744 g/mol. The Morgan fingerprint density at radius 3 is 1.38 bits per heavy atom. The van der Waals surface area contributed by atoms with Crippen molar-refractivity contribution < 1.29 is 8.83 Å². The molecule has 0 aliphatic heterocycles. The van der Waals surface area contributed by atoms with Crippen molar-refractivity contribution in [1.82, 2.24) is 24.1 Å². The highest BCUT2D eigenvalue weighted by atomic mass is 16.3. The van der Waals surface area contributed by atoms with Gasteiger partial charge in [0.2, 0.25) is 5.95 Å². The van der Waals surface area contributed by atoms with Crippen molar-refractivity contribution in [2.45, 2.75) is 0 Å². The molecule has 13 aromatic rings. The maximum absolute atomic E-state index is 6.57. The van der Waals surface area contributed by atoms with Crippen LogP contribution < -0.4 is 0 Å². The van der Waals surface area contributed by atoms with Gasteiger partial charge >= 0.3 is 0 Å². The summed E-state index contributed by atoms with van der Waals surface area (Å²) in [5, 5.41) is 8.76. The summed E-state index contributed by atoms with van der Waals surface area (Å²) < 4.78 is 17.3. The normalized spacial score (nSPS) is 12.1. The largest absolute Gasteiger partial charge is 0.456 e. The maximum atomic E-state index is 6.57. The lowest BCUT2D eigenvalue weighted by atomic mass is 10.1. The number of benzene rings is 8. The van der Waals surface area contributed by atoms with Gasteiger partial charge < -0.3 is 13.4 Å². The first-order valence-corrected chi connectivity index (χ1v) is 19.4. The van der Waals surface area contributed by atoms with Gasteiger partial charge in [-0.05, 0) is 78.9 Å². The summed E-state index contributed by atoms with van der Waals surface area (Å²) in [7, 11) is 0. The number of nitrogens with zero attached hydrogens (tertiary/aromatic N) is 5. The Bertz CT molecular complexity index is 3720. The number of aromatic nitrogens is 5. The number of para-hydroxylation sites is 5. The van der Waals surface area contributed by atoms with Crippen LogP contribution >= 0.6 is 0 Å². The molecule has 0 aliphatic rings. The summed E-state index contributed by atoms with van der Waals surface area (Å²) in [5.41, 5.74) is 10.4. The molecule has 7 nitrogen and oxygen atoms in total. The molecule has 0 aliphatic carbocycles. The molecule has 0 radical (unpaired) electrons. The molecule has 13 rings (SSSR count). The Labute approximate surface area is 329 Å². The second-order valence-corrected chi connectivity index (χ2v) is 14.8. The van der Waals surface area contributed by atoms with E-state index in [1.165, 1.54) is 10.8 Å². The van der Waals surface area contributed by atoms with Crippen molar-refractivity contribution in [3.8, 4) is 34.4 Å². The minimum Gasteiger partial charge on any atom is -0.456 e. The number of furan rings is 2. The molecule has 0 amide bonds. The fourth-order valence-electron chi connectivity index (χ4n) is 9.04. The van der Waals surface area contributed by atoms with E-state index in [9.17, 15) is 0 Å². The smallest absolute Gasteiger partial charge is 0.238 e. The summed E-state index contributed by atoms with van der Waals surface area (Å²) >= 11 is 0. The first-order valence-electron chi connectivity index (χ1n) is 19.4. The molecule has 0 atom stereocenters. The zero-order valence-corrected chi connectivity index (χ0v) is 30.8. The van der Waals surface area contributed by atoms with Crippen molar-refractivity contribution in [2.75, 3.05) is 0 Å². The Morgan fingerprint density at radius 2 is 0.776 bits per heavy atom. The SMILES string of the molecule is c1ccc2c(c1)oc1ccc(-c3nc(-c4ccc5oc6cccc(-n7c8ccccc8c8ccccc87)c6c5c4)nc(-n4c5ccccc5c5ccccc54)n3)cc12. The van der Waals surface area contributed by atoms with Crippen LogP contribution in [0, 0.1) is 0 Å². The summed E-state index contributed by atoms with van der Waals surface area (Å²) in [6.45, 7) is 0. The van der Waals surface area contributed by atoms with Gasteiger partial charge in [0.25, 0.3) is 0 Å². The second-order valence-electron chi connectivity index (χ2n) is 14.8. The van der Waals surface area contributed by atoms with Crippen LogP contribution in [-0.2, 0) is 0 Å². The molecule has 5 heterocycles. The second kappa shape index (κ2) is 11.7. The number of rotatable bonds is 4. The van der Waals surface area contributed by atoms with Crippen LogP contribution in [-0.4, -0.2) is 24.1 Å². The Kier molecular flexibility index (Phi) is 6.32. The molecule has 0 N–H and O–H groups in total. The van der Waals surface area contributed by atoms with Crippen LogP contribution in [0.5, 0.6) is 0 Å². The van der Waals surface area contributed by atoms with Gasteiger partial charge in [-0.2, -0.15) is 9.97 Å². The highest BCUT2D eigenvalue weighted by Gasteiger charge is 2.21. The van der Waals surface area contributed by atoms with E-state index in [0.29, 0.717) is 17.6 Å². The standard InChI is InChI=1S/C51H29N5O2/c1-6-17-39-32(12-1)33-13-2-7-18-40(33)55(39)43-21-11-23-47-48(43)38-29-31(25-27-46(38)58-47)50-52-49(30-24-26-45-37(28-30)36-16-5-10-22-44(36)57-45)53-51(54-50)56-41-19-8-3-14-34(41)35-15-4-9-20-42(35)56/h1-29H. The molecule has 0 saturated heterocycles. The molecule has 0 bridgehead atoms. The molecule has 0 fully saturated rings. The third-order valence-electron chi connectivity index (χ3n) is 11.6. The quantitative estimate of drug-likeness (QED) is 0.179.